The highest BCUT2D eigenvalue weighted by Gasteiger charge is 2.52. The Hall–Kier alpha value is -4.92. The zero-order chi connectivity index (χ0) is 30.1. The largest absolute Gasteiger partial charge is 0.497 e. The molecule has 2 amide bonds. The fraction of sp³-hybridized carbons (Fsp3) is 0.200. The SMILES string of the molecule is COc1ccc2c(c1)[C@](O)([C@@H](C)/C=C/CCO)C(=O)N2Cc1ccc(N2C(=O)c3ccccc3Oc3ccccc32)cc1. The molecule has 0 aliphatic carbocycles. The highest BCUT2D eigenvalue weighted by atomic mass is 16.5. The van der Waals surface area contributed by atoms with Crippen molar-refractivity contribution in [3.63, 3.8) is 0 Å². The van der Waals surface area contributed by atoms with Crippen molar-refractivity contribution >= 4 is 28.9 Å². The molecular weight excluding hydrogens is 544 g/mol. The summed E-state index contributed by atoms with van der Waals surface area (Å²) in [7, 11) is 1.54. The average Bonchev–Trinajstić information content (AvgIpc) is 3.16. The van der Waals surface area contributed by atoms with Crippen molar-refractivity contribution in [3.05, 3.63) is 120 Å². The molecule has 4 aromatic rings. The van der Waals surface area contributed by atoms with Crippen LogP contribution < -0.4 is 19.3 Å². The molecule has 0 bridgehead atoms. The molecule has 0 aromatic heterocycles. The van der Waals surface area contributed by atoms with Gasteiger partial charge in [-0.1, -0.05) is 55.5 Å². The van der Waals surface area contributed by atoms with Gasteiger partial charge in [0.1, 0.15) is 11.5 Å². The Kier molecular flexibility index (Phi) is 7.48. The number of anilines is 3. The molecule has 2 aliphatic heterocycles. The molecule has 0 unspecified atom stereocenters. The van der Waals surface area contributed by atoms with Gasteiger partial charge >= 0.3 is 0 Å². The zero-order valence-electron chi connectivity index (χ0n) is 23.9. The third-order valence-electron chi connectivity index (χ3n) is 8.04. The lowest BCUT2D eigenvalue weighted by Gasteiger charge is -2.28. The Morgan fingerprint density at radius 2 is 1.65 bits per heavy atom. The Labute approximate surface area is 250 Å². The molecule has 0 spiro atoms. The number of aliphatic hydroxyl groups excluding tert-OH is 1. The van der Waals surface area contributed by atoms with Crippen molar-refractivity contribution in [2.45, 2.75) is 25.5 Å². The standard InChI is InChI=1S/C35H32N2O6/c1-23(9-7-8-20-38)35(41)28-21-26(42-2)18-19-29(28)36(34(35)40)22-24-14-16-25(17-15-24)37-30-11-4-6-13-32(30)43-31-12-5-3-10-27(31)33(37)39/h3-7,9-19,21,23,38,41H,8,20,22H2,1-2H3/b9-7+/t23-,35+/m0/s1. The van der Waals surface area contributed by atoms with E-state index < -0.39 is 17.4 Å². The Balaban J connectivity index is 1.33. The van der Waals surface area contributed by atoms with Crippen LogP contribution in [0.5, 0.6) is 17.2 Å². The molecule has 4 aromatic carbocycles. The second-order valence-electron chi connectivity index (χ2n) is 10.6. The van der Waals surface area contributed by atoms with Crippen LogP contribution in [0.1, 0.15) is 34.8 Å². The summed E-state index contributed by atoms with van der Waals surface area (Å²) in [6.07, 6.45) is 3.95. The number of carbonyl (C=O) groups is 2. The Bertz CT molecular complexity index is 1720. The van der Waals surface area contributed by atoms with Crippen molar-refractivity contribution in [1.29, 1.82) is 0 Å². The van der Waals surface area contributed by atoms with Crippen LogP contribution in [0, 0.1) is 5.92 Å². The number of ether oxygens (including phenoxy) is 2. The van der Waals surface area contributed by atoms with Crippen molar-refractivity contribution in [2.75, 3.05) is 23.5 Å². The maximum atomic E-state index is 13.9. The van der Waals surface area contributed by atoms with Gasteiger partial charge in [0.2, 0.25) is 0 Å². The molecule has 6 rings (SSSR count). The van der Waals surface area contributed by atoms with Crippen LogP contribution >= 0.6 is 0 Å². The van der Waals surface area contributed by atoms with Gasteiger partial charge in [0.25, 0.3) is 11.8 Å². The highest BCUT2D eigenvalue weighted by Crippen LogP contribution is 2.47. The second kappa shape index (κ2) is 11.4. The lowest BCUT2D eigenvalue weighted by molar-refractivity contribution is -0.139. The number of fused-ring (bicyclic) bond motifs is 3. The van der Waals surface area contributed by atoms with Crippen LogP contribution in [-0.4, -0.2) is 35.7 Å². The number of para-hydroxylation sites is 3. The molecule has 0 saturated heterocycles. The van der Waals surface area contributed by atoms with Crippen LogP contribution in [0.25, 0.3) is 0 Å². The smallest absolute Gasteiger partial charge is 0.266 e. The first-order valence-electron chi connectivity index (χ1n) is 14.2. The summed E-state index contributed by atoms with van der Waals surface area (Å²) >= 11 is 0. The molecular formula is C35H32N2O6. The fourth-order valence-electron chi connectivity index (χ4n) is 5.72. The van der Waals surface area contributed by atoms with Gasteiger partial charge in [-0.2, -0.15) is 0 Å². The summed E-state index contributed by atoms with van der Waals surface area (Å²) in [5, 5.41) is 21.1. The quantitative estimate of drug-likeness (QED) is 0.246. The number of carbonyl (C=O) groups excluding carboxylic acids is 2. The maximum Gasteiger partial charge on any atom is 0.266 e. The molecule has 0 fully saturated rings. The first kappa shape index (κ1) is 28.2. The first-order valence-corrected chi connectivity index (χ1v) is 14.2. The number of methoxy groups -OCH3 is 1. The topological polar surface area (TPSA) is 99.5 Å². The normalized spacial score (nSPS) is 18.1. The number of benzene rings is 4. The number of amides is 2. The molecule has 8 nitrogen and oxygen atoms in total. The number of hydrogen-bond donors (Lipinski definition) is 2. The molecule has 2 heterocycles. The number of aliphatic hydroxyl groups is 2. The van der Waals surface area contributed by atoms with E-state index >= 15 is 0 Å². The lowest BCUT2D eigenvalue weighted by atomic mass is 9.83. The van der Waals surface area contributed by atoms with E-state index in [9.17, 15) is 19.8 Å². The van der Waals surface area contributed by atoms with Gasteiger partial charge in [0.05, 0.1) is 30.6 Å². The average molecular weight is 577 g/mol. The van der Waals surface area contributed by atoms with E-state index in [1.807, 2.05) is 60.7 Å². The predicted octanol–water partition coefficient (Wildman–Crippen LogP) is 6.09. The molecule has 0 saturated carbocycles. The molecule has 8 heteroatoms. The third kappa shape index (κ3) is 4.84. The van der Waals surface area contributed by atoms with E-state index in [-0.39, 0.29) is 19.1 Å². The third-order valence-corrected chi connectivity index (χ3v) is 8.04. The Morgan fingerprint density at radius 3 is 2.40 bits per heavy atom. The molecule has 43 heavy (non-hydrogen) atoms. The summed E-state index contributed by atoms with van der Waals surface area (Å²) in [6.45, 7) is 1.98. The summed E-state index contributed by atoms with van der Waals surface area (Å²) in [4.78, 5) is 30.9. The van der Waals surface area contributed by atoms with Gasteiger partial charge in [-0.15, -0.1) is 0 Å². The van der Waals surface area contributed by atoms with E-state index in [0.29, 0.717) is 51.9 Å². The lowest BCUT2D eigenvalue weighted by Crippen LogP contribution is -2.44. The van der Waals surface area contributed by atoms with Crippen LogP contribution in [0.4, 0.5) is 17.1 Å². The molecule has 0 radical (unpaired) electrons. The van der Waals surface area contributed by atoms with Crippen LogP contribution in [0.2, 0.25) is 0 Å². The molecule has 2 atom stereocenters. The van der Waals surface area contributed by atoms with E-state index in [4.69, 9.17) is 9.47 Å². The molecule has 218 valence electrons. The minimum absolute atomic E-state index is 0.0176. The van der Waals surface area contributed by atoms with Gasteiger partial charge in [-0.05, 0) is 66.6 Å². The van der Waals surface area contributed by atoms with Crippen LogP contribution in [0.3, 0.4) is 0 Å². The summed E-state index contributed by atoms with van der Waals surface area (Å²) < 4.78 is 11.5. The second-order valence-corrected chi connectivity index (χ2v) is 10.6. The number of rotatable bonds is 8. The van der Waals surface area contributed by atoms with E-state index in [1.165, 1.54) is 0 Å². The van der Waals surface area contributed by atoms with E-state index in [0.717, 1.165) is 5.56 Å². The zero-order valence-corrected chi connectivity index (χ0v) is 23.9. The predicted molar refractivity (Wildman–Crippen MR) is 164 cm³/mol. The monoisotopic (exact) mass is 576 g/mol. The summed E-state index contributed by atoms with van der Waals surface area (Å²) in [6, 6.07) is 27.3. The minimum Gasteiger partial charge on any atom is -0.497 e. The molecule has 2 aliphatic rings. The number of hydrogen-bond acceptors (Lipinski definition) is 6. The van der Waals surface area contributed by atoms with Gasteiger partial charge in [0, 0.05) is 23.8 Å². The van der Waals surface area contributed by atoms with Gasteiger partial charge in [-0.25, -0.2) is 0 Å². The molecule has 2 N–H and O–H groups in total. The van der Waals surface area contributed by atoms with Crippen molar-refractivity contribution in [1.82, 2.24) is 0 Å². The van der Waals surface area contributed by atoms with E-state index in [1.54, 1.807) is 66.3 Å². The van der Waals surface area contributed by atoms with Crippen molar-refractivity contribution in [3.8, 4) is 17.2 Å². The number of nitrogens with zero attached hydrogens (tertiary/aromatic N) is 2. The minimum atomic E-state index is -1.80. The summed E-state index contributed by atoms with van der Waals surface area (Å²) in [5.74, 6) is 0.404. The fourth-order valence-corrected chi connectivity index (χ4v) is 5.72. The van der Waals surface area contributed by atoms with Crippen LogP contribution in [0.15, 0.2) is 103 Å². The Morgan fingerprint density at radius 1 is 0.930 bits per heavy atom. The van der Waals surface area contributed by atoms with Gasteiger partial charge < -0.3 is 24.6 Å². The maximum absolute atomic E-state index is 13.9. The highest BCUT2D eigenvalue weighted by molar-refractivity contribution is 6.14. The summed E-state index contributed by atoms with van der Waals surface area (Å²) in [5.41, 5.74) is 1.83. The van der Waals surface area contributed by atoms with Crippen molar-refractivity contribution in [2.24, 2.45) is 5.92 Å². The van der Waals surface area contributed by atoms with Gasteiger partial charge in [-0.3, -0.25) is 14.5 Å². The first-order chi connectivity index (χ1) is 20.9. The van der Waals surface area contributed by atoms with E-state index in [2.05, 4.69) is 0 Å². The van der Waals surface area contributed by atoms with Gasteiger partial charge in [0.15, 0.2) is 11.4 Å². The van der Waals surface area contributed by atoms with Crippen molar-refractivity contribution < 1.29 is 29.3 Å². The van der Waals surface area contributed by atoms with Crippen LogP contribution in [-0.2, 0) is 16.9 Å².